The van der Waals surface area contributed by atoms with E-state index in [1.165, 1.54) is 0 Å². The highest BCUT2D eigenvalue weighted by Gasteiger charge is 2.44. The van der Waals surface area contributed by atoms with Crippen molar-refractivity contribution < 1.29 is 32.9 Å². The number of hydrogen-bond acceptors (Lipinski definition) is 6. The van der Waals surface area contributed by atoms with Crippen LogP contribution in [0.5, 0.6) is 0 Å². The van der Waals surface area contributed by atoms with Gasteiger partial charge in [0, 0.05) is 0 Å². The molecule has 1 aliphatic rings. The van der Waals surface area contributed by atoms with E-state index in [9.17, 15) is 18.8 Å². The van der Waals surface area contributed by atoms with Gasteiger partial charge < -0.3 is 9.99 Å². The fraction of sp³-hybridized carbons (Fsp3) is 0.875. The lowest BCUT2D eigenvalue weighted by Crippen LogP contribution is -2.32. The summed E-state index contributed by atoms with van der Waals surface area (Å²) in [6.07, 6.45) is 3.44. The van der Waals surface area contributed by atoms with E-state index in [1.807, 2.05) is 0 Å². The lowest BCUT2D eigenvalue weighted by atomic mass is 9.98. The van der Waals surface area contributed by atoms with Crippen molar-refractivity contribution in [1.29, 1.82) is 0 Å². The van der Waals surface area contributed by atoms with Gasteiger partial charge in [0.15, 0.2) is 0 Å². The summed E-state index contributed by atoms with van der Waals surface area (Å²) in [5, 5.41) is 8.17. The van der Waals surface area contributed by atoms with Crippen LogP contribution in [0, 0.1) is 0 Å². The van der Waals surface area contributed by atoms with Crippen molar-refractivity contribution in [3.8, 4) is 0 Å². The summed E-state index contributed by atoms with van der Waals surface area (Å²) in [5.74, 6) is -1.71. The summed E-state index contributed by atoms with van der Waals surface area (Å²) in [4.78, 5) is 11.0. The molecule has 0 N–H and O–H groups in total. The van der Waals surface area contributed by atoms with E-state index in [-0.39, 0.29) is 0 Å². The van der Waals surface area contributed by atoms with Crippen molar-refractivity contribution in [1.82, 2.24) is 0 Å². The maximum absolute atomic E-state index is 12.9. The van der Waals surface area contributed by atoms with Gasteiger partial charge in [-0.05, 0) is 25.7 Å². The molecule has 0 amide bonds. The maximum Gasteiger partial charge on any atom is 0.415 e. The maximum atomic E-state index is 12.9. The Kier molecular flexibility index (Phi) is 5.39. The molecule has 0 aliphatic heterocycles. The smallest absolute Gasteiger partial charge is 0.415 e. The van der Waals surface area contributed by atoms with E-state index in [4.69, 9.17) is 0 Å². The molecule has 0 unspecified atom stereocenters. The SMILES string of the molecule is O=C(OC1CCCCC1)C(F)(F)SOO[O-]. The Hall–Kier alpha value is -0.440. The lowest BCUT2D eigenvalue weighted by molar-refractivity contribution is -0.777. The van der Waals surface area contributed by atoms with Crippen LogP contribution in [0.2, 0.25) is 0 Å². The molecule has 1 fully saturated rings. The van der Waals surface area contributed by atoms with Crippen molar-refractivity contribution in [3.63, 3.8) is 0 Å². The Bertz CT molecular complexity index is 232. The molecule has 8 heteroatoms. The van der Waals surface area contributed by atoms with E-state index >= 15 is 0 Å². The zero-order valence-electron chi connectivity index (χ0n) is 8.32. The number of carbonyl (C=O) groups is 1. The molecule has 0 aromatic carbocycles. The van der Waals surface area contributed by atoms with Gasteiger partial charge in [0.25, 0.3) is 0 Å². The summed E-state index contributed by atoms with van der Waals surface area (Å²) >= 11 is -0.667. The van der Waals surface area contributed by atoms with Crippen LogP contribution in [0.1, 0.15) is 32.1 Å². The second kappa shape index (κ2) is 6.33. The van der Waals surface area contributed by atoms with Crippen LogP contribution in [0.25, 0.3) is 0 Å². The Morgan fingerprint density at radius 2 is 1.94 bits per heavy atom. The van der Waals surface area contributed by atoms with E-state index < -0.39 is 29.4 Å². The van der Waals surface area contributed by atoms with Crippen LogP contribution in [0.3, 0.4) is 0 Å². The highest BCUT2D eigenvalue weighted by atomic mass is 32.2. The number of hydrogen-bond donors (Lipinski definition) is 0. The van der Waals surface area contributed by atoms with E-state index in [1.54, 1.807) is 0 Å². The predicted octanol–water partition coefficient (Wildman–Crippen LogP) is 1.33. The standard InChI is InChI=1S/C8H12F2O5S/c9-8(10,16-15-14-12)7(11)13-6-4-2-1-3-5-6/h6,12H,1-5H2/p-1. The summed E-state index contributed by atoms with van der Waals surface area (Å²) in [7, 11) is 0. The summed E-state index contributed by atoms with van der Waals surface area (Å²) in [5.41, 5.74) is 0. The molecule has 0 aromatic rings. The third-order valence-corrected chi connectivity index (χ3v) is 2.73. The van der Waals surface area contributed by atoms with Gasteiger partial charge in [-0.3, -0.25) is 5.04 Å². The number of alkyl halides is 2. The van der Waals surface area contributed by atoms with E-state index in [2.05, 4.69) is 14.1 Å². The fourth-order valence-electron chi connectivity index (χ4n) is 1.49. The zero-order chi connectivity index (χ0) is 12.0. The molecule has 0 spiro atoms. The molecule has 16 heavy (non-hydrogen) atoms. The first-order valence-corrected chi connectivity index (χ1v) is 5.53. The topological polar surface area (TPSA) is 67.8 Å². The molecule has 0 radical (unpaired) electrons. The molecule has 94 valence electrons. The Labute approximate surface area is 95.1 Å². The lowest BCUT2D eigenvalue weighted by Gasteiger charge is -2.23. The van der Waals surface area contributed by atoms with Crippen molar-refractivity contribution in [3.05, 3.63) is 0 Å². The predicted molar refractivity (Wildman–Crippen MR) is 47.7 cm³/mol. The summed E-state index contributed by atoms with van der Waals surface area (Å²) in [6, 6.07) is 0. The van der Waals surface area contributed by atoms with Gasteiger partial charge in [0.2, 0.25) is 0 Å². The highest BCUT2D eigenvalue weighted by Crippen LogP contribution is 2.32. The molecule has 1 rings (SSSR count). The number of ether oxygens (including phenoxy) is 1. The number of halogens is 2. The molecular formula is C8H11F2O5S-. The first kappa shape index (κ1) is 13.6. The quantitative estimate of drug-likeness (QED) is 0.320. The normalized spacial score (nSPS) is 18.4. The van der Waals surface area contributed by atoms with Gasteiger partial charge in [0.1, 0.15) is 18.1 Å². The molecule has 5 nitrogen and oxygen atoms in total. The molecule has 0 saturated heterocycles. The van der Waals surface area contributed by atoms with Gasteiger partial charge in [-0.2, -0.15) is 13.1 Å². The van der Waals surface area contributed by atoms with Gasteiger partial charge in [-0.15, -0.1) is 0 Å². The molecular weight excluding hydrogens is 246 g/mol. The molecule has 0 aromatic heterocycles. The Morgan fingerprint density at radius 3 is 2.50 bits per heavy atom. The summed E-state index contributed by atoms with van der Waals surface area (Å²) in [6.45, 7) is 0. The zero-order valence-corrected chi connectivity index (χ0v) is 9.13. The van der Waals surface area contributed by atoms with Crippen LogP contribution in [0.15, 0.2) is 0 Å². The minimum atomic E-state index is -3.93. The average Bonchev–Trinajstić information content (AvgIpc) is 2.28. The van der Waals surface area contributed by atoms with Crippen molar-refractivity contribution in [2.75, 3.05) is 0 Å². The first-order valence-electron chi connectivity index (χ1n) is 4.79. The van der Waals surface area contributed by atoms with Crippen LogP contribution in [-0.4, -0.2) is 17.3 Å². The molecule has 1 saturated carbocycles. The molecule has 0 heterocycles. The molecule has 0 atom stereocenters. The second-order valence-corrected chi connectivity index (χ2v) is 4.22. The number of carbonyl (C=O) groups excluding carboxylic acids is 1. The Balaban J connectivity index is 2.36. The van der Waals surface area contributed by atoms with Gasteiger partial charge in [0.05, 0.1) is 0 Å². The minimum Gasteiger partial charge on any atom is -0.691 e. The van der Waals surface area contributed by atoms with Gasteiger partial charge in [-0.1, -0.05) is 6.42 Å². The minimum absolute atomic E-state index is 0.471. The third-order valence-electron chi connectivity index (χ3n) is 2.23. The largest absolute Gasteiger partial charge is 0.691 e. The van der Waals surface area contributed by atoms with Crippen LogP contribution in [-0.2, 0) is 18.9 Å². The Morgan fingerprint density at radius 1 is 1.31 bits per heavy atom. The van der Waals surface area contributed by atoms with E-state index in [0.717, 1.165) is 19.3 Å². The molecule has 1 aliphatic carbocycles. The van der Waals surface area contributed by atoms with Crippen LogP contribution in [0.4, 0.5) is 8.78 Å². The first-order chi connectivity index (χ1) is 7.56. The molecule has 0 bridgehead atoms. The fourth-order valence-corrected chi connectivity index (χ4v) is 1.72. The van der Waals surface area contributed by atoms with Crippen LogP contribution < -0.4 is 5.26 Å². The number of rotatable bonds is 5. The van der Waals surface area contributed by atoms with Crippen molar-refractivity contribution in [2.45, 2.75) is 43.5 Å². The summed E-state index contributed by atoms with van der Waals surface area (Å²) < 4.78 is 33.8. The van der Waals surface area contributed by atoms with Gasteiger partial charge in [-0.25, -0.2) is 4.79 Å². The van der Waals surface area contributed by atoms with Crippen LogP contribution >= 0.6 is 12.0 Å². The van der Waals surface area contributed by atoms with Crippen molar-refractivity contribution in [2.24, 2.45) is 0 Å². The number of esters is 1. The average molecular weight is 257 g/mol. The van der Waals surface area contributed by atoms with Crippen molar-refractivity contribution >= 4 is 18.0 Å². The monoisotopic (exact) mass is 257 g/mol. The second-order valence-electron chi connectivity index (χ2n) is 3.40. The third kappa shape index (κ3) is 4.20. The highest BCUT2D eigenvalue weighted by molar-refractivity contribution is 7.96. The van der Waals surface area contributed by atoms with E-state index in [0.29, 0.717) is 12.8 Å². The van der Waals surface area contributed by atoms with Gasteiger partial charge >= 0.3 is 11.2 Å².